The van der Waals surface area contributed by atoms with Crippen LogP contribution in [0, 0.1) is 5.92 Å². The van der Waals surface area contributed by atoms with E-state index in [0.717, 1.165) is 22.9 Å². The van der Waals surface area contributed by atoms with Gasteiger partial charge in [-0.2, -0.15) is 0 Å². The molecule has 0 aliphatic carbocycles. The van der Waals surface area contributed by atoms with E-state index in [4.69, 9.17) is 9.47 Å². The summed E-state index contributed by atoms with van der Waals surface area (Å²) < 4.78 is 10.8. The Kier molecular flexibility index (Phi) is 6.49. The van der Waals surface area contributed by atoms with E-state index in [-0.39, 0.29) is 12.5 Å². The predicted molar refractivity (Wildman–Crippen MR) is 96.9 cm³/mol. The summed E-state index contributed by atoms with van der Waals surface area (Å²) in [5, 5.41) is 5.91. The number of carbonyl (C=O) groups is 1. The summed E-state index contributed by atoms with van der Waals surface area (Å²) in [6, 6.07) is 14.8. The molecule has 0 atom stereocenters. The van der Waals surface area contributed by atoms with Crippen molar-refractivity contribution in [3.05, 3.63) is 48.5 Å². The molecule has 2 N–H and O–H groups in total. The maximum absolute atomic E-state index is 12.0. The van der Waals surface area contributed by atoms with Gasteiger partial charge in [0.2, 0.25) is 5.91 Å². The molecule has 0 saturated heterocycles. The maximum atomic E-state index is 12.0. The number of hydrogen-bond acceptors (Lipinski definition) is 4. The molecule has 5 heteroatoms. The smallest absolute Gasteiger partial charge is 0.243 e. The second kappa shape index (κ2) is 8.82. The Balaban J connectivity index is 1.81. The van der Waals surface area contributed by atoms with Gasteiger partial charge in [-0.1, -0.05) is 19.9 Å². The van der Waals surface area contributed by atoms with Gasteiger partial charge in [-0.05, 0) is 42.3 Å². The van der Waals surface area contributed by atoms with E-state index in [1.54, 1.807) is 7.11 Å². The first-order valence-electron chi connectivity index (χ1n) is 7.97. The van der Waals surface area contributed by atoms with Gasteiger partial charge in [0.15, 0.2) is 0 Å². The maximum Gasteiger partial charge on any atom is 0.243 e. The number of nitrogens with one attached hydrogen (secondary N) is 2. The van der Waals surface area contributed by atoms with Crippen LogP contribution in [0.2, 0.25) is 0 Å². The van der Waals surface area contributed by atoms with Crippen molar-refractivity contribution in [1.29, 1.82) is 0 Å². The van der Waals surface area contributed by atoms with E-state index in [2.05, 4.69) is 24.5 Å². The number of benzene rings is 2. The summed E-state index contributed by atoms with van der Waals surface area (Å²) in [6.07, 6.45) is 0. The second-order valence-electron chi connectivity index (χ2n) is 5.86. The van der Waals surface area contributed by atoms with Crippen LogP contribution in [0.1, 0.15) is 13.8 Å². The number of ether oxygens (including phenoxy) is 2. The fraction of sp³-hybridized carbons (Fsp3) is 0.316. The summed E-state index contributed by atoms with van der Waals surface area (Å²) in [4.78, 5) is 12.0. The van der Waals surface area contributed by atoms with E-state index < -0.39 is 0 Å². The Morgan fingerprint density at radius 3 is 2.46 bits per heavy atom. The van der Waals surface area contributed by atoms with Crippen molar-refractivity contribution < 1.29 is 14.3 Å². The van der Waals surface area contributed by atoms with Gasteiger partial charge < -0.3 is 20.1 Å². The minimum Gasteiger partial charge on any atom is -0.497 e. The third-order valence-corrected chi connectivity index (χ3v) is 3.24. The molecule has 2 rings (SSSR count). The van der Waals surface area contributed by atoms with Crippen LogP contribution in [0.5, 0.6) is 11.5 Å². The molecule has 0 aliphatic heterocycles. The molecule has 2 aromatic carbocycles. The Bertz CT molecular complexity index is 654. The number of anilines is 2. The van der Waals surface area contributed by atoms with Crippen molar-refractivity contribution in [3.63, 3.8) is 0 Å². The number of carbonyl (C=O) groups excluding carboxylic acids is 1. The van der Waals surface area contributed by atoms with Crippen molar-refractivity contribution in [2.45, 2.75) is 13.8 Å². The Morgan fingerprint density at radius 1 is 1.04 bits per heavy atom. The Morgan fingerprint density at radius 2 is 1.79 bits per heavy atom. The molecule has 0 aromatic heterocycles. The molecule has 0 saturated carbocycles. The van der Waals surface area contributed by atoms with Gasteiger partial charge >= 0.3 is 0 Å². The molecule has 0 radical (unpaired) electrons. The van der Waals surface area contributed by atoms with Gasteiger partial charge in [0.05, 0.1) is 20.3 Å². The second-order valence-corrected chi connectivity index (χ2v) is 5.86. The summed E-state index contributed by atoms with van der Waals surface area (Å²) in [5.41, 5.74) is 1.58. The van der Waals surface area contributed by atoms with Gasteiger partial charge in [0.25, 0.3) is 0 Å². The van der Waals surface area contributed by atoms with E-state index in [0.29, 0.717) is 12.5 Å². The summed E-state index contributed by atoms with van der Waals surface area (Å²) >= 11 is 0. The standard InChI is InChI=1S/C19H24N2O3/c1-14(2)13-24-17-9-7-15(8-10-17)21-19(22)12-20-16-5-4-6-18(11-16)23-3/h4-11,14,20H,12-13H2,1-3H3,(H,21,22). The first-order valence-corrected chi connectivity index (χ1v) is 7.97. The largest absolute Gasteiger partial charge is 0.497 e. The summed E-state index contributed by atoms with van der Waals surface area (Å²) in [5.74, 6) is 1.91. The monoisotopic (exact) mass is 328 g/mol. The molecule has 0 aliphatic rings. The minimum atomic E-state index is -0.117. The lowest BCUT2D eigenvalue weighted by Crippen LogP contribution is -2.21. The topological polar surface area (TPSA) is 59.6 Å². The fourth-order valence-electron chi connectivity index (χ4n) is 2.02. The van der Waals surface area contributed by atoms with Gasteiger partial charge in [-0.3, -0.25) is 4.79 Å². The van der Waals surface area contributed by atoms with Crippen LogP contribution < -0.4 is 20.1 Å². The third-order valence-electron chi connectivity index (χ3n) is 3.24. The Hall–Kier alpha value is -2.69. The molecule has 2 aromatic rings. The predicted octanol–water partition coefficient (Wildman–Crippen LogP) is 3.78. The number of amides is 1. The molecule has 0 unspecified atom stereocenters. The van der Waals surface area contributed by atoms with E-state index in [1.807, 2.05) is 48.5 Å². The molecular formula is C19H24N2O3. The van der Waals surface area contributed by atoms with Gasteiger partial charge in [-0.25, -0.2) is 0 Å². The highest BCUT2D eigenvalue weighted by Crippen LogP contribution is 2.18. The van der Waals surface area contributed by atoms with Crippen LogP contribution in [0.3, 0.4) is 0 Å². The van der Waals surface area contributed by atoms with Crippen molar-refractivity contribution in [2.24, 2.45) is 5.92 Å². The molecule has 1 amide bonds. The van der Waals surface area contributed by atoms with Crippen molar-refractivity contribution >= 4 is 17.3 Å². The highest BCUT2D eigenvalue weighted by Gasteiger charge is 2.04. The SMILES string of the molecule is COc1cccc(NCC(=O)Nc2ccc(OCC(C)C)cc2)c1. The van der Waals surface area contributed by atoms with Crippen molar-refractivity contribution in [2.75, 3.05) is 30.9 Å². The van der Waals surface area contributed by atoms with Gasteiger partial charge in [-0.15, -0.1) is 0 Å². The lowest BCUT2D eigenvalue weighted by atomic mass is 10.2. The van der Waals surface area contributed by atoms with Crippen LogP contribution in [0.4, 0.5) is 11.4 Å². The zero-order valence-electron chi connectivity index (χ0n) is 14.3. The zero-order valence-corrected chi connectivity index (χ0v) is 14.3. The van der Waals surface area contributed by atoms with E-state index in [9.17, 15) is 4.79 Å². The highest BCUT2D eigenvalue weighted by molar-refractivity contribution is 5.93. The van der Waals surface area contributed by atoms with E-state index >= 15 is 0 Å². The van der Waals surface area contributed by atoms with Crippen molar-refractivity contribution in [1.82, 2.24) is 0 Å². The summed E-state index contributed by atoms with van der Waals surface area (Å²) in [6.45, 7) is 5.06. The lowest BCUT2D eigenvalue weighted by molar-refractivity contribution is -0.114. The average molecular weight is 328 g/mol. The lowest BCUT2D eigenvalue weighted by Gasteiger charge is -2.11. The minimum absolute atomic E-state index is 0.117. The third kappa shape index (κ3) is 5.83. The van der Waals surface area contributed by atoms with Crippen molar-refractivity contribution in [3.8, 4) is 11.5 Å². The molecular weight excluding hydrogens is 304 g/mol. The summed E-state index contributed by atoms with van der Waals surface area (Å²) in [7, 11) is 1.61. The molecule has 0 heterocycles. The number of hydrogen-bond donors (Lipinski definition) is 2. The fourth-order valence-corrected chi connectivity index (χ4v) is 2.02. The van der Waals surface area contributed by atoms with Crippen LogP contribution in [-0.4, -0.2) is 26.2 Å². The Labute approximate surface area is 143 Å². The zero-order chi connectivity index (χ0) is 17.4. The van der Waals surface area contributed by atoms with Crippen LogP contribution >= 0.6 is 0 Å². The molecule has 0 fully saturated rings. The van der Waals surface area contributed by atoms with E-state index in [1.165, 1.54) is 0 Å². The molecule has 128 valence electrons. The van der Waals surface area contributed by atoms with Gasteiger partial charge in [0, 0.05) is 17.4 Å². The molecule has 24 heavy (non-hydrogen) atoms. The number of rotatable bonds is 8. The van der Waals surface area contributed by atoms with Crippen LogP contribution in [0.25, 0.3) is 0 Å². The van der Waals surface area contributed by atoms with Crippen LogP contribution in [0.15, 0.2) is 48.5 Å². The molecule has 0 bridgehead atoms. The first kappa shape index (κ1) is 17.7. The molecule has 0 spiro atoms. The quantitative estimate of drug-likeness (QED) is 0.774. The number of methoxy groups -OCH3 is 1. The van der Waals surface area contributed by atoms with Gasteiger partial charge in [0.1, 0.15) is 11.5 Å². The average Bonchev–Trinajstić information content (AvgIpc) is 2.59. The normalized spacial score (nSPS) is 10.3. The molecule has 5 nitrogen and oxygen atoms in total. The van der Waals surface area contributed by atoms with Crippen LogP contribution in [-0.2, 0) is 4.79 Å². The first-order chi connectivity index (χ1) is 11.6. The highest BCUT2D eigenvalue weighted by atomic mass is 16.5.